The molecule has 0 amide bonds. The number of nitrogens with one attached hydrogen (secondary N) is 1. The van der Waals surface area contributed by atoms with Crippen molar-refractivity contribution in [3.63, 3.8) is 0 Å². The Morgan fingerprint density at radius 2 is 2.32 bits per heavy atom. The molecule has 1 fully saturated rings. The van der Waals surface area contributed by atoms with Crippen molar-refractivity contribution in [3.8, 4) is 0 Å². The van der Waals surface area contributed by atoms with Gasteiger partial charge in [0.15, 0.2) is 0 Å². The van der Waals surface area contributed by atoms with Crippen LogP contribution in [0.4, 0.5) is 8.78 Å². The van der Waals surface area contributed by atoms with Crippen molar-refractivity contribution in [2.45, 2.75) is 25.0 Å². The Hall–Kier alpha value is -1.53. The SMILES string of the molecule is O=C(O)C(NCC1CCCO1)c1ccc(F)cc1F. The number of carboxylic acids is 1. The van der Waals surface area contributed by atoms with Crippen LogP contribution in [0.5, 0.6) is 0 Å². The molecule has 1 heterocycles. The Morgan fingerprint density at radius 3 is 2.89 bits per heavy atom. The number of carbonyl (C=O) groups is 1. The van der Waals surface area contributed by atoms with E-state index in [-0.39, 0.29) is 11.7 Å². The maximum Gasteiger partial charge on any atom is 0.325 e. The Bertz CT molecular complexity index is 461. The summed E-state index contributed by atoms with van der Waals surface area (Å²) >= 11 is 0. The molecular weight excluding hydrogens is 256 g/mol. The molecule has 0 aromatic heterocycles. The monoisotopic (exact) mass is 271 g/mol. The molecule has 2 rings (SSSR count). The lowest BCUT2D eigenvalue weighted by Crippen LogP contribution is -2.35. The van der Waals surface area contributed by atoms with Crippen LogP contribution in [0.15, 0.2) is 18.2 Å². The van der Waals surface area contributed by atoms with E-state index in [1.54, 1.807) is 0 Å². The van der Waals surface area contributed by atoms with Crippen LogP contribution in [0, 0.1) is 11.6 Å². The van der Waals surface area contributed by atoms with Gasteiger partial charge in [-0.15, -0.1) is 0 Å². The molecule has 104 valence electrons. The van der Waals surface area contributed by atoms with Crippen LogP contribution in [0.3, 0.4) is 0 Å². The third-order valence-corrected chi connectivity index (χ3v) is 3.09. The normalized spacial score (nSPS) is 20.4. The van der Waals surface area contributed by atoms with Crippen LogP contribution in [-0.2, 0) is 9.53 Å². The van der Waals surface area contributed by atoms with E-state index >= 15 is 0 Å². The van der Waals surface area contributed by atoms with E-state index < -0.39 is 23.6 Å². The maximum atomic E-state index is 13.6. The van der Waals surface area contributed by atoms with Crippen LogP contribution in [-0.4, -0.2) is 30.3 Å². The van der Waals surface area contributed by atoms with E-state index in [2.05, 4.69) is 5.32 Å². The third kappa shape index (κ3) is 3.48. The largest absolute Gasteiger partial charge is 0.480 e. The fraction of sp³-hybridized carbons (Fsp3) is 0.462. The molecule has 2 N–H and O–H groups in total. The van der Waals surface area contributed by atoms with Gasteiger partial charge in [-0.3, -0.25) is 10.1 Å². The molecule has 19 heavy (non-hydrogen) atoms. The zero-order chi connectivity index (χ0) is 13.8. The number of carboxylic acid groups (broad SMARTS) is 1. The summed E-state index contributed by atoms with van der Waals surface area (Å²) in [6.45, 7) is 0.989. The molecule has 2 unspecified atom stereocenters. The van der Waals surface area contributed by atoms with Crippen LogP contribution in [0.25, 0.3) is 0 Å². The van der Waals surface area contributed by atoms with Crippen molar-refractivity contribution < 1.29 is 23.4 Å². The van der Waals surface area contributed by atoms with Gasteiger partial charge in [-0.25, -0.2) is 8.78 Å². The van der Waals surface area contributed by atoms with Gasteiger partial charge < -0.3 is 9.84 Å². The van der Waals surface area contributed by atoms with Crippen LogP contribution in [0.2, 0.25) is 0 Å². The number of halogens is 2. The second-order valence-corrected chi connectivity index (χ2v) is 4.48. The van der Waals surface area contributed by atoms with Gasteiger partial charge in [0.2, 0.25) is 0 Å². The second kappa shape index (κ2) is 6.08. The Morgan fingerprint density at radius 1 is 1.53 bits per heavy atom. The molecule has 0 aliphatic carbocycles. The van der Waals surface area contributed by atoms with E-state index in [4.69, 9.17) is 9.84 Å². The minimum absolute atomic E-state index is 0.0506. The molecule has 1 aliphatic rings. The predicted octanol–water partition coefficient (Wildman–Crippen LogP) is 1.86. The first-order chi connectivity index (χ1) is 9.08. The summed E-state index contributed by atoms with van der Waals surface area (Å²) < 4.78 is 31.8. The first kappa shape index (κ1) is 13.9. The van der Waals surface area contributed by atoms with Gasteiger partial charge in [0.05, 0.1) is 6.10 Å². The van der Waals surface area contributed by atoms with Crippen molar-refractivity contribution in [2.75, 3.05) is 13.2 Å². The highest BCUT2D eigenvalue weighted by molar-refractivity contribution is 5.75. The summed E-state index contributed by atoms with van der Waals surface area (Å²) in [5, 5.41) is 11.9. The smallest absolute Gasteiger partial charge is 0.325 e. The van der Waals surface area contributed by atoms with Crippen LogP contribution in [0.1, 0.15) is 24.4 Å². The highest BCUT2D eigenvalue weighted by Crippen LogP contribution is 2.19. The molecular formula is C13H15F2NO3. The Labute approximate surface area is 109 Å². The summed E-state index contributed by atoms with van der Waals surface area (Å²) in [6.07, 6.45) is 1.74. The molecule has 0 radical (unpaired) electrons. The number of benzene rings is 1. The molecule has 1 saturated heterocycles. The molecule has 1 aliphatic heterocycles. The van der Waals surface area contributed by atoms with Crippen molar-refractivity contribution in [1.82, 2.24) is 5.32 Å². The van der Waals surface area contributed by atoms with Gasteiger partial charge in [-0.1, -0.05) is 6.07 Å². The second-order valence-electron chi connectivity index (χ2n) is 4.48. The molecule has 0 saturated carbocycles. The lowest BCUT2D eigenvalue weighted by atomic mass is 10.1. The summed E-state index contributed by atoms with van der Waals surface area (Å²) in [6, 6.07) is 1.66. The van der Waals surface area contributed by atoms with E-state index in [1.807, 2.05) is 0 Å². The van der Waals surface area contributed by atoms with Gasteiger partial charge in [-0.05, 0) is 18.9 Å². The molecule has 6 heteroatoms. The zero-order valence-corrected chi connectivity index (χ0v) is 10.2. The Kier molecular flexibility index (Phi) is 4.44. The van der Waals surface area contributed by atoms with E-state index in [0.717, 1.165) is 25.0 Å². The standard InChI is InChI=1S/C13H15F2NO3/c14-8-3-4-10(11(15)6-8)12(13(17)18)16-7-9-2-1-5-19-9/h3-4,6,9,12,16H,1-2,5,7H2,(H,17,18). The summed E-state index contributed by atoms with van der Waals surface area (Å²) in [4.78, 5) is 11.2. The van der Waals surface area contributed by atoms with Crippen molar-refractivity contribution >= 4 is 5.97 Å². The lowest BCUT2D eigenvalue weighted by molar-refractivity contribution is -0.139. The minimum atomic E-state index is -1.21. The quantitative estimate of drug-likeness (QED) is 0.858. The fourth-order valence-electron chi connectivity index (χ4n) is 2.12. The number of ether oxygens (including phenoxy) is 1. The first-order valence-electron chi connectivity index (χ1n) is 6.10. The van der Waals surface area contributed by atoms with Crippen molar-refractivity contribution in [3.05, 3.63) is 35.4 Å². The highest BCUT2D eigenvalue weighted by Gasteiger charge is 2.25. The van der Waals surface area contributed by atoms with E-state index in [9.17, 15) is 13.6 Å². The van der Waals surface area contributed by atoms with Gasteiger partial charge in [0.1, 0.15) is 17.7 Å². The molecule has 0 bridgehead atoms. The molecule has 1 aromatic carbocycles. The Balaban J connectivity index is 2.08. The van der Waals surface area contributed by atoms with Crippen molar-refractivity contribution in [2.24, 2.45) is 0 Å². The summed E-state index contributed by atoms with van der Waals surface area (Å²) in [5.41, 5.74) is -0.0769. The number of hydrogen-bond donors (Lipinski definition) is 2. The van der Waals surface area contributed by atoms with E-state index in [0.29, 0.717) is 19.2 Å². The minimum Gasteiger partial charge on any atom is -0.480 e. The number of aliphatic carboxylic acids is 1. The fourth-order valence-corrected chi connectivity index (χ4v) is 2.12. The lowest BCUT2D eigenvalue weighted by Gasteiger charge is -2.18. The molecule has 0 spiro atoms. The topological polar surface area (TPSA) is 58.6 Å². The maximum absolute atomic E-state index is 13.6. The number of hydrogen-bond acceptors (Lipinski definition) is 3. The first-order valence-corrected chi connectivity index (χ1v) is 6.10. The van der Waals surface area contributed by atoms with E-state index in [1.165, 1.54) is 0 Å². The molecule has 4 nitrogen and oxygen atoms in total. The highest BCUT2D eigenvalue weighted by atomic mass is 19.1. The average molecular weight is 271 g/mol. The summed E-state index contributed by atoms with van der Waals surface area (Å²) in [5.74, 6) is -2.81. The van der Waals surface area contributed by atoms with Crippen LogP contribution < -0.4 is 5.32 Å². The number of rotatable bonds is 5. The van der Waals surface area contributed by atoms with Crippen molar-refractivity contribution in [1.29, 1.82) is 0 Å². The summed E-state index contributed by atoms with van der Waals surface area (Å²) in [7, 11) is 0. The van der Waals surface area contributed by atoms with Gasteiger partial charge in [0, 0.05) is 24.8 Å². The molecule has 2 atom stereocenters. The van der Waals surface area contributed by atoms with Gasteiger partial charge in [0.25, 0.3) is 0 Å². The predicted molar refractivity (Wildman–Crippen MR) is 63.7 cm³/mol. The molecule has 1 aromatic rings. The van der Waals surface area contributed by atoms with Gasteiger partial charge in [-0.2, -0.15) is 0 Å². The van der Waals surface area contributed by atoms with Gasteiger partial charge >= 0.3 is 5.97 Å². The average Bonchev–Trinajstić information content (AvgIpc) is 2.84. The third-order valence-electron chi connectivity index (χ3n) is 3.09. The zero-order valence-electron chi connectivity index (χ0n) is 10.2. The van der Waals surface area contributed by atoms with Crippen LogP contribution >= 0.6 is 0 Å².